The minimum Gasteiger partial charge on any atom is -0.494 e. The van der Waals surface area contributed by atoms with E-state index in [0.717, 1.165) is 37.7 Å². The van der Waals surface area contributed by atoms with Crippen molar-refractivity contribution in [2.45, 2.75) is 31.3 Å². The van der Waals surface area contributed by atoms with Gasteiger partial charge in [-0.2, -0.15) is 0 Å². The fraction of sp³-hybridized carbons (Fsp3) is 0.450. The number of hydrogen-bond donors (Lipinski definition) is 1. The van der Waals surface area contributed by atoms with Gasteiger partial charge in [-0.1, -0.05) is 6.07 Å². The first-order valence-electron chi connectivity index (χ1n) is 9.65. The highest BCUT2D eigenvalue weighted by Gasteiger charge is 2.39. The van der Waals surface area contributed by atoms with E-state index < -0.39 is 0 Å². The van der Waals surface area contributed by atoms with Crippen molar-refractivity contribution < 1.29 is 14.3 Å². The van der Waals surface area contributed by atoms with Crippen LogP contribution in [-0.2, 0) is 4.74 Å². The summed E-state index contributed by atoms with van der Waals surface area (Å²) in [5.74, 6) is 0.822. The molecule has 2 aliphatic heterocycles. The molecular formula is C20H23N5O3. The van der Waals surface area contributed by atoms with Crippen LogP contribution in [-0.4, -0.2) is 57.6 Å². The van der Waals surface area contributed by atoms with Crippen molar-refractivity contribution in [1.82, 2.24) is 19.3 Å². The first-order valence-corrected chi connectivity index (χ1v) is 9.65. The topological polar surface area (TPSA) is 95.0 Å². The second-order valence-corrected chi connectivity index (χ2v) is 7.57. The lowest BCUT2D eigenvalue weighted by Gasteiger charge is -2.38. The molecule has 0 unspecified atom stereocenters. The Morgan fingerprint density at radius 1 is 1.25 bits per heavy atom. The SMILES string of the molecule is COc1cccc2c1nc(N)n1cc(C(=O)N3CCC4(CCCO4)CC3)nc21. The van der Waals surface area contributed by atoms with E-state index in [1.165, 1.54) is 0 Å². The molecule has 0 atom stereocenters. The maximum absolute atomic E-state index is 13.1. The quantitative estimate of drug-likeness (QED) is 0.732. The van der Waals surface area contributed by atoms with Crippen molar-refractivity contribution in [1.29, 1.82) is 0 Å². The Morgan fingerprint density at radius 2 is 2.07 bits per heavy atom. The Kier molecular flexibility index (Phi) is 3.90. The molecule has 1 aromatic carbocycles. The summed E-state index contributed by atoms with van der Waals surface area (Å²) in [4.78, 5) is 24.0. The van der Waals surface area contributed by atoms with E-state index in [2.05, 4.69) is 9.97 Å². The molecule has 0 aliphatic carbocycles. The Labute approximate surface area is 162 Å². The molecule has 0 radical (unpaired) electrons. The number of nitrogens with two attached hydrogens (primary N) is 1. The highest BCUT2D eigenvalue weighted by molar-refractivity contribution is 5.99. The highest BCUT2D eigenvalue weighted by atomic mass is 16.5. The second kappa shape index (κ2) is 6.34. The Bertz CT molecular complexity index is 1060. The number of carbonyl (C=O) groups is 1. The lowest BCUT2D eigenvalue weighted by atomic mass is 9.88. The molecule has 146 valence electrons. The van der Waals surface area contributed by atoms with Crippen LogP contribution in [0.5, 0.6) is 5.75 Å². The Hall–Kier alpha value is -2.87. The highest BCUT2D eigenvalue weighted by Crippen LogP contribution is 2.36. The molecule has 28 heavy (non-hydrogen) atoms. The van der Waals surface area contributed by atoms with E-state index in [9.17, 15) is 4.79 Å². The maximum Gasteiger partial charge on any atom is 0.274 e. The van der Waals surface area contributed by atoms with Crippen molar-refractivity contribution in [3.05, 3.63) is 30.1 Å². The molecule has 0 bridgehead atoms. The zero-order chi connectivity index (χ0) is 19.3. The summed E-state index contributed by atoms with van der Waals surface area (Å²) in [6.07, 6.45) is 5.66. The Balaban J connectivity index is 1.49. The normalized spacial score (nSPS) is 19.0. The number of rotatable bonds is 2. The van der Waals surface area contributed by atoms with Crippen LogP contribution in [0.3, 0.4) is 0 Å². The monoisotopic (exact) mass is 381 g/mol. The zero-order valence-electron chi connectivity index (χ0n) is 15.9. The van der Waals surface area contributed by atoms with Crippen LogP contribution < -0.4 is 10.5 Å². The predicted octanol–water partition coefficient (Wildman–Crippen LogP) is 2.26. The molecule has 2 aliphatic rings. The van der Waals surface area contributed by atoms with Crippen molar-refractivity contribution in [3.8, 4) is 5.75 Å². The average Bonchev–Trinajstić information content (AvgIpc) is 3.36. The number of aromatic nitrogens is 3. The summed E-state index contributed by atoms with van der Waals surface area (Å²) >= 11 is 0. The zero-order valence-corrected chi connectivity index (χ0v) is 15.9. The number of amides is 1. The van der Waals surface area contributed by atoms with Gasteiger partial charge in [0.2, 0.25) is 5.95 Å². The van der Waals surface area contributed by atoms with Crippen LogP contribution in [0, 0.1) is 0 Å². The number of ether oxygens (including phenoxy) is 2. The molecule has 1 amide bonds. The number of nitrogen functional groups attached to an aromatic ring is 1. The predicted molar refractivity (Wildman–Crippen MR) is 105 cm³/mol. The van der Waals surface area contributed by atoms with Gasteiger partial charge in [0, 0.05) is 31.3 Å². The van der Waals surface area contributed by atoms with Crippen LogP contribution in [0.1, 0.15) is 36.2 Å². The van der Waals surface area contributed by atoms with Crippen LogP contribution in [0.2, 0.25) is 0 Å². The molecule has 2 aromatic heterocycles. The second-order valence-electron chi connectivity index (χ2n) is 7.57. The van der Waals surface area contributed by atoms with E-state index in [-0.39, 0.29) is 17.5 Å². The average molecular weight is 381 g/mol. The van der Waals surface area contributed by atoms with Gasteiger partial charge in [0.05, 0.1) is 12.7 Å². The summed E-state index contributed by atoms with van der Waals surface area (Å²) in [5, 5.41) is 0.796. The number of carbonyl (C=O) groups excluding carboxylic acids is 1. The number of likely N-dealkylation sites (tertiary alicyclic amines) is 1. The number of para-hydroxylation sites is 1. The summed E-state index contributed by atoms with van der Waals surface area (Å²) in [6, 6.07) is 5.61. The van der Waals surface area contributed by atoms with Crippen molar-refractivity contribution in [2.24, 2.45) is 0 Å². The molecule has 2 saturated heterocycles. The van der Waals surface area contributed by atoms with Crippen molar-refractivity contribution >= 4 is 28.4 Å². The number of fused-ring (bicyclic) bond motifs is 3. The number of methoxy groups -OCH3 is 1. The molecule has 5 rings (SSSR count). The van der Waals surface area contributed by atoms with Gasteiger partial charge < -0.3 is 20.1 Å². The van der Waals surface area contributed by atoms with Crippen LogP contribution in [0.15, 0.2) is 24.4 Å². The van der Waals surface area contributed by atoms with Crippen LogP contribution in [0.4, 0.5) is 5.95 Å². The van der Waals surface area contributed by atoms with Gasteiger partial charge in [0.25, 0.3) is 5.91 Å². The molecule has 2 N–H and O–H groups in total. The van der Waals surface area contributed by atoms with Crippen LogP contribution >= 0.6 is 0 Å². The lowest BCUT2D eigenvalue weighted by molar-refractivity contribution is -0.0388. The summed E-state index contributed by atoms with van der Waals surface area (Å²) < 4.78 is 13.0. The first kappa shape index (κ1) is 17.2. The number of piperidine rings is 1. The third-order valence-corrected chi connectivity index (χ3v) is 6.00. The fourth-order valence-corrected chi connectivity index (χ4v) is 4.43. The lowest BCUT2D eigenvalue weighted by Crippen LogP contribution is -2.46. The van der Waals surface area contributed by atoms with Gasteiger partial charge in [-0.15, -0.1) is 0 Å². The van der Waals surface area contributed by atoms with Gasteiger partial charge in [0.15, 0.2) is 0 Å². The fourth-order valence-electron chi connectivity index (χ4n) is 4.43. The third-order valence-electron chi connectivity index (χ3n) is 6.00. The summed E-state index contributed by atoms with van der Waals surface area (Å²) in [5.41, 5.74) is 7.74. The number of hydrogen-bond acceptors (Lipinski definition) is 6. The molecule has 8 heteroatoms. The molecule has 1 spiro atoms. The van der Waals surface area contributed by atoms with Gasteiger partial charge >= 0.3 is 0 Å². The number of nitrogens with zero attached hydrogens (tertiary/aromatic N) is 4. The van der Waals surface area contributed by atoms with E-state index >= 15 is 0 Å². The van der Waals surface area contributed by atoms with Crippen molar-refractivity contribution in [3.63, 3.8) is 0 Å². The third kappa shape index (κ3) is 2.59. The van der Waals surface area contributed by atoms with E-state index in [4.69, 9.17) is 15.2 Å². The molecule has 3 aromatic rings. The van der Waals surface area contributed by atoms with Gasteiger partial charge in [0.1, 0.15) is 22.6 Å². The van der Waals surface area contributed by atoms with Gasteiger partial charge in [-0.25, -0.2) is 9.97 Å². The largest absolute Gasteiger partial charge is 0.494 e. The standard InChI is InChI=1S/C20H23N5O3/c1-27-15-5-2-4-13-16(15)23-19(21)25-12-14(22-17(13)25)18(26)24-9-7-20(8-10-24)6-3-11-28-20/h2,4-5,12H,3,6-11H2,1H3,(H2,21,23). The van der Waals surface area contributed by atoms with Crippen LogP contribution in [0.25, 0.3) is 16.6 Å². The minimum absolute atomic E-state index is 0.0171. The molecule has 2 fully saturated rings. The van der Waals surface area contributed by atoms with E-state index in [1.807, 2.05) is 23.1 Å². The van der Waals surface area contributed by atoms with Gasteiger partial charge in [-0.05, 0) is 37.8 Å². The number of anilines is 1. The summed E-state index contributed by atoms with van der Waals surface area (Å²) in [7, 11) is 1.59. The smallest absolute Gasteiger partial charge is 0.274 e. The first-order chi connectivity index (χ1) is 13.6. The van der Waals surface area contributed by atoms with Gasteiger partial charge in [-0.3, -0.25) is 9.20 Å². The Morgan fingerprint density at radius 3 is 2.79 bits per heavy atom. The molecular weight excluding hydrogens is 358 g/mol. The number of benzene rings is 1. The van der Waals surface area contributed by atoms with E-state index in [0.29, 0.717) is 35.7 Å². The molecule has 0 saturated carbocycles. The minimum atomic E-state index is -0.0769. The number of imidazole rings is 1. The summed E-state index contributed by atoms with van der Waals surface area (Å²) in [6.45, 7) is 2.22. The molecule has 4 heterocycles. The van der Waals surface area contributed by atoms with Crippen molar-refractivity contribution in [2.75, 3.05) is 32.5 Å². The molecule has 8 nitrogen and oxygen atoms in total. The maximum atomic E-state index is 13.1. The van der Waals surface area contributed by atoms with E-state index in [1.54, 1.807) is 17.7 Å².